The number of thiazole rings is 1. The first-order valence-corrected chi connectivity index (χ1v) is 15.4. The van der Waals surface area contributed by atoms with Crippen LogP contribution in [0.25, 0.3) is 10.2 Å². The van der Waals surface area contributed by atoms with E-state index < -0.39 is 23.9 Å². The smallest absolute Gasteiger partial charge is 0.321 e. The third-order valence-electron chi connectivity index (χ3n) is 7.38. The largest absolute Gasteiger partial charge is 0.481 e. The average molecular weight is 654 g/mol. The highest BCUT2D eigenvalue weighted by Gasteiger charge is 2.21. The molecule has 218 valence electrons. The molecule has 0 saturated heterocycles. The fourth-order valence-corrected chi connectivity index (χ4v) is 6.51. The molecule has 1 fully saturated rings. The molecule has 4 aromatic rings. The Morgan fingerprint density at radius 1 is 1.00 bits per heavy atom. The van der Waals surface area contributed by atoms with E-state index in [2.05, 4.69) is 49.0 Å². The second-order valence-electron chi connectivity index (χ2n) is 10.3. The summed E-state index contributed by atoms with van der Waals surface area (Å²) in [6.07, 6.45) is 5.94. The molecule has 11 heteroatoms. The van der Waals surface area contributed by atoms with Gasteiger partial charge in [-0.3, -0.25) is 14.9 Å². The number of aliphatic carboxylic acids is 1. The van der Waals surface area contributed by atoms with Crippen molar-refractivity contribution in [3.63, 3.8) is 0 Å². The molecule has 1 aromatic heterocycles. The number of anilines is 1. The Morgan fingerprint density at radius 2 is 1.67 bits per heavy atom. The number of carbonyl (C=O) groups is 3. The number of hydrogen-bond acceptors (Lipinski definition) is 5. The van der Waals surface area contributed by atoms with Gasteiger partial charge in [-0.25, -0.2) is 14.2 Å². The molecule has 0 aliphatic heterocycles. The summed E-state index contributed by atoms with van der Waals surface area (Å²) in [6, 6.07) is 17.1. The summed E-state index contributed by atoms with van der Waals surface area (Å²) in [5, 5.41) is 17.4. The van der Waals surface area contributed by atoms with Gasteiger partial charge in [0.05, 0.1) is 22.7 Å². The first-order chi connectivity index (χ1) is 20.3. The number of benzene rings is 3. The third kappa shape index (κ3) is 7.32. The summed E-state index contributed by atoms with van der Waals surface area (Å²) in [4.78, 5) is 40.7. The molecule has 0 bridgehead atoms. The van der Waals surface area contributed by atoms with Gasteiger partial charge in [0.2, 0.25) is 0 Å². The van der Waals surface area contributed by atoms with E-state index in [0.717, 1.165) is 22.5 Å². The van der Waals surface area contributed by atoms with Crippen LogP contribution in [0.3, 0.4) is 0 Å². The quantitative estimate of drug-likeness (QED) is 0.151. The molecule has 1 aliphatic rings. The van der Waals surface area contributed by atoms with Gasteiger partial charge < -0.3 is 15.7 Å². The van der Waals surface area contributed by atoms with E-state index in [4.69, 9.17) is 5.11 Å². The molecule has 1 aliphatic carbocycles. The topological polar surface area (TPSA) is 120 Å². The van der Waals surface area contributed by atoms with Gasteiger partial charge in [-0.15, -0.1) is 0 Å². The van der Waals surface area contributed by atoms with E-state index in [1.165, 1.54) is 43.7 Å². The number of aromatic nitrogens is 1. The van der Waals surface area contributed by atoms with Crippen LogP contribution in [0.1, 0.15) is 77.5 Å². The molecule has 0 radical (unpaired) electrons. The van der Waals surface area contributed by atoms with E-state index in [-0.39, 0.29) is 24.0 Å². The number of nitrogens with zero attached hydrogens (tertiary/aromatic N) is 1. The predicted octanol–water partition coefficient (Wildman–Crippen LogP) is 7.36. The third-order valence-corrected chi connectivity index (χ3v) is 8.84. The van der Waals surface area contributed by atoms with Crippen LogP contribution in [-0.4, -0.2) is 34.5 Å². The minimum atomic E-state index is -0.990. The van der Waals surface area contributed by atoms with Crippen LogP contribution in [0.4, 0.5) is 14.3 Å². The summed E-state index contributed by atoms with van der Waals surface area (Å²) in [5.41, 5.74) is 3.72. The van der Waals surface area contributed by atoms with E-state index in [1.54, 1.807) is 30.3 Å². The van der Waals surface area contributed by atoms with E-state index in [1.807, 2.05) is 12.1 Å². The highest BCUT2D eigenvalue weighted by Crippen LogP contribution is 2.34. The Balaban J connectivity index is 1.36. The second kappa shape index (κ2) is 13.4. The number of halogens is 2. The van der Waals surface area contributed by atoms with Crippen molar-refractivity contribution in [2.24, 2.45) is 0 Å². The van der Waals surface area contributed by atoms with Crippen LogP contribution in [0.5, 0.6) is 0 Å². The van der Waals surface area contributed by atoms with Gasteiger partial charge in [0.15, 0.2) is 5.13 Å². The number of hydrogen-bond donors (Lipinski definition) is 4. The molecule has 5 rings (SSSR count). The van der Waals surface area contributed by atoms with Crippen LogP contribution in [0, 0.1) is 5.82 Å². The Morgan fingerprint density at radius 3 is 2.33 bits per heavy atom. The van der Waals surface area contributed by atoms with Gasteiger partial charge in [-0.1, -0.05) is 82.9 Å². The van der Waals surface area contributed by atoms with Crippen molar-refractivity contribution in [2.75, 3.05) is 11.9 Å². The SMILES string of the molecule is O=C(O)CCNC(=O)c1ccc(C(NC(=O)Nc2nc3cc(Br)cc(F)c3s2)c2ccc(C3CCCCC3)cc2)cc1. The lowest BCUT2D eigenvalue weighted by molar-refractivity contribution is -0.136. The fraction of sp³-hybridized carbons (Fsp3) is 0.290. The Kier molecular flexibility index (Phi) is 9.48. The lowest BCUT2D eigenvalue weighted by atomic mass is 9.83. The van der Waals surface area contributed by atoms with Crippen LogP contribution in [0.15, 0.2) is 65.1 Å². The molecule has 3 aromatic carbocycles. The lowest BCUT2D eigenvalue weighted by Crippen LogP contribution is -2.33. The fourth-order valence-electron chi connectivity index (χ4n) is 5.25. The van der Waals surface area contributed by atoms with E-state index in [0.29, 0.717) is 26.2 Å². The first kappa shape index (κ1) is 29.7. The summed E-state index contributed by atoms with van der Waals surface area (Å²) in [5.74, 6) is -1.25. The van der Waals surface area contributed by atoms with Gasteiger partial charge in [0.1, 0.15) is 5.82 Å². The van der Waals surface area contributed by atoms with Gasteiger partial charge in [0.25, 0.3) is 5.91 Å². The highest BCUT2D eigenvalue weighted by molar-refractivity contribution is 9.10. The molecule has 42 heavy (non-hydrogen) atoms. The molecule has 8 nitrogen and oxygen atoms in total. The van der Waals surface area contributed by atoms with Gasteiger partial charge in [-0.2, -0.15) is 0 Å². The average Bonchev–Trinajstić information content (AvgIpc) is 3.39. The monoisotopic (exact) mass is 652 g/mol. The van der Waals surface area contributed by atoms with Crippen molar-refractivity contribution < 1.29 is 23.9 Å². The molecule has 4 N–H and O–H groups in total. The second-order valence-corrected chi connectivity index (χ2v) is 12.2. The summed E-state index contributed by atoms with van der Waals surface area (Å²) in [7, 11) is 0. The Hall–Kier alpha value is -3.83. The van der Waals surface area contributed by atoms with Crippen molar-refractivity contribution in [3.05, 3.63) is 93.2 Å². The van der Waals surface area contributed by atoms with Crippen LogP contribution in [-0.2, 0) is 4.79 Å². The number of carbonyl (C=O) groups excluding carboxylic acids is 2. The van der Waals surface area contributed by atoms with Crippen molar-refractivity contribution >= 4 is 60.5 Å². The number of rotatable bonds is 9. The normalized spacial score (nSPS) is 14.3. The van der Waals surface area contributed by atoms with Crippen LogP contribution in [0.2, 0.25) is 0 Å². The Labute approximate surface area is 254 Å². The maximum absolute atomic E-state index is 14.4. The molecule has 1 saturated carbocycles. The van der Waals surface area contributed by atoms with Crippen molar-refractivity contribution in [1.82, 2.24) is 15.6 Å². The number of carboxylic acids is 1. The van der Waals surface area contributed by atoms with Gasteiger partial charge >= 0.3 is 12.0 Å². The number of nitrogens with one attached hydrogen (secondary N) is 3. The van der Waals surface area contributed by atoms with Crippen LogP contribution >= 0.6 is 27.3 Å². The summed E-state index contributed by atoms with van der Waals surface area (Å²) < 4.78 is 15.3. The number of urea groups is 1. The van der Waals surface area contributed by atoms with Crippen molar-refractivity contribution in [1.29, 1.82) is 0 Å². The number of carboxylic acid groups (broad SMARTS) is 1. The van der Waals surface area contributed by atoms with Crippen LogP contribution < -0.4 is 16.0 Å². The molecule has 1 atom stereocenters. The molecule has 1 heterocycles. The molecule has 0 spiro atoms. The van der Waals surface area contributed by atoms with Crippen molar-refractivity contribution in [3.8, 4) is 0 Å². The number of fused-ring (bicyclic) bond motifs is 1. The molecule has 3 amide bonds. The summed E-state index contributed by atoms with van der Waals surface area (Å²) in [6.45, 7) is 0.0280. The lowest BCUT2D eigenvalue weighted by Gasteiger charge is -2.24. The van der Waals surface area contributed by atoms with Gasteiger partial charge in [0, 0.05) is 16.6 Å². The van der Waals surface area contributed by atoms with E-state index in [9.17, 15) is 18.8 Å². The molecular formula is C31H30BrFN4O4S. The van der Waals surface area contributed by atoms with Gasteiger partial charge in [-0.05, 0) is 59.7 Å². The first-order valence-electron chi connectivity index (χ1n) is 13.8. The maximum Gasteiger partial charge on any atom is 0.321 e. The minimum Gasteiger partial charge on any atom is -0.481 e. The Bertz CT molecular complexity index is 1590. The maximum atomic E-state index is 14.4. The highest BCUT2D eigenvalue weighted by atomic mass is 79.9. The van der Waals surface area contributed by atoms with E-state index >= 15 is 0 Å². The summed E-state index contributed by atoms with van der Waals surface area (Å²) >= 11 is 4.32. The number of amides is 3. The predicted molar refractivity (Wildman–Crippen MR) is 165 cm³/mol. The zero-order valence-corrected chi connectivity index (χ0v) is 25.1. The minimum absolute atomic E-state index is 0.0280. The molecule has 1 unspecified atom stereocenters. The van der Waals surface area contributed by atoms with Crippen molar-refractivity contribution in [2.45, 2.75) is 50.5 Å². The molecular weight excluding hydrogens is 623 g/mol. The zero-order chi connectivity index (χ0) is 29.6. The standard InChI is InChI=1S/C31H30BrFN4O4S/c32-23-16-24(33)28-25(17-23)35-31(42-28)37-30(41)36-27(20-8-6-19(7-9-20)18-4-2-1-3-5-18)21-10-12-22(13-11-21)29(40)34-15-14-26(38)39/h6-13,16-18,27H,1-5,14-15H2,(H,34,40)(H,38,39)(H2,35,36,37,41). The zero-order valence-electron chi connectivity index (χ0n) is 22.7.